The molecule has 0 aliphatic carbocycles. The minimum atomic E-state index is -0.203. The highest BCUT2D eigenvalue weighted by atomic mass is 19.1. The molecule has 0 spiro atoms. The molecule has 0 radical (unpaired) electrons. The van der Waals surface area contributed by atoms with Crippen molar-refractivity contribution in [3.8, 4) is 0 Å². The molecule has 112 valence electrons. The van der Waals surface area contributed by atoms with E-state index in [1.54, 1.807) is 12.1 Å². The average Bonchev–Trinajstić information content (AvgIpc) is 2.92. The van der Waals surface area contributed by atoms with Gasteiger partial charge in [-0.05, 0) is 55.8 Å². The average molecular weight is 278 g/mol. The number of rotatable bonds is 5. The number of likely N-dealkylation sites (tertiary alicyclic amines) is 1. The highest BCUT2D eigenvalue weighted by Gasteiger charge is 2.38. The summed E-state index contributed by atoms with van der Waals surface area (Å²) in [5.74, 6) is -0.203. The molecule has 3 heteroatoms. The van der Waals surface area contributed by atoms with Crippen molar-refractivity contribution in [2.24, 2.45) is 11.1 Å². The maximum atomic E-state index is 13.0. The van der Waals surface area contributed by atoms with Crippen molar-refractivity contribution in [2.75, 3.05) is 13.1 Å². The van der Waals surface area contributed by atoms with Crippen LogP contribution in [0.5, 0.6) is 0 Å². The standard InChI is InChI=1S/C17H27FN2/c1-4-17(5-2)10-11-20(12-17)13(3)16(19)14-6-8-15(18)9-7-14/h6-9,13,16H,4-5,10-12,19H2,1-3H3. The van der Waals surface area contributed by atoms with Crippen molar-refractivity contribution in [2.45, 2.75) is 52.1 Å². The lowest BCUT2D eigenvalue weighted by molar-refractivity contribution is 0.184. The number of hydrogen-bond acceptors (Lipinski definition) is 2. The van der Waals surface area contributed by atoms with Crippen LogP contribution in [0.2, 0.25) is 0 Å². The third-order valence-electron chi connectivity index (χ3n) is 5.32. The van der Waals surface area contributed by atoms with Gasteiger partial charge in [0.1, 0.15) is 5.82 Å². The molecule has 0 amide bonds. The fourth-order valence-corrected chi connectivity index (χ4v) is 3.34. The molecule has 1 aliphatic rings. The molecule has 1 saturated heterocycles. The Hall–Kier alpha value is -0.930. The Morgan fingerprint density at radius 3 is 2.35 bits per heavy atom. The van der Waals surface area contributed by atoms with Gasteiger partial charge in [0.2, 0.25) is 0 Å². The van der Waals surface area contributed by atoms with Gasteiger partial charge in [0.25, 0.3) is 0 Å². The molecular formula is C17H27FN2. The van der Waals surface area contributed by atoms with Gasteiger partial charge in [-0.25, -0.2) is 4.39 Å². The minimum Gasteiger partial charge on any atom is -0.323 e. The van der Waals surface area contributed by atoms with Crippen LogP contribution in [0.15, 0.2) is 24.3 Å². The Labute approximate surface area is 122 Å². The lowest BCUT2D eigenvalue weighted by atomic mass is 9.82. The molecule has 2 unspecified atom stereocenters. The highest BCUT2D eigenvalue weighted by molar-refractivity contribution is 5.21. The predicted octanol–water partition coefficient (Wildman–Crippen LogP) is 3.73. The van der Waals surface area contributed by atoms with Gasteiger partial charge >= 0.3 is 0 Å². The van der Waals surface area contributed by atoms with E-state index in [0.29, 0.717) is 11.5 Å². The molecule has 2 N–H and O–H groups in total. The third kappa shape index (κ3) is 3.04. The van der Waals surface area contributed by atoms with Crippen molar-refractivity contribution in [3.63, 3.8) is 0 Å². The predicted molar refractivity (Wildman–Crippen MR) is 82.0 cm³/mol. The molecule has 20 heavy (non-hydrogen) atoms. The summed E-state index contributed by atoms with van der Waals surface area (Å²) in [6, 6.07) is 6.84. The minimum absolute atomic E-state index is 0.0555. The van der Waals surface area contributed by atoms with Gasteiger partial charge < -0.3 is 5.73 Å². The first-order chi connectivity index (χ1) is 9.51. The summed E-state index contributed by atoms with van der Waals surface area (Å²) in [7, 11) is 0. The number of nitrogens with zero attached hydrogens (tertiary/aromatic N) is 1. The highest BCUT2D eigenvalue weighted by Crippen LogP contribution is 2.38. The molecule has 0 saturated carbocycles. The molecule has 2 rings (SSSR count). The smallest absolute Gasteiger partial charge is 0.123 e. The van der Waals surface area contributed by atoms with Gasteiger partial charge in [0.05, 0.1) is 0 Å². The maximum Gasteiger partial charge on any atom is 0.123 e. The lowest BCUT2D eigenvalue weighted by Gasteiger charge is -2.32. The topological polar surface area (TPSA) is 29.3 Å². The van der Waals surface area contributed by atoms with E-state index in [-0.39, 0.29) is 11.9 Å². The molecule has 1 fully saturated rings. The summed E-state index contributed by atoms with van der Waals surface area (Å²) >= 11 is 0. The summed E-state index contributed by atoms with van der Waals surface area (Å²) in [5.41, 5.74) is 7.86. The van der Waals surface area contributed by atoms with Gasteiger partial charge in [-0.2, -0.15) is 0 Å². The van der Waals surface area contributed by atoms with Crippen LogP contribution < -0.4 is 5.73 Å². The van der Waals surface area contributed by atoms with Crippen LogP contribution in [0.3, 0.4) is 0 Å². The first kappa shape index (κ1) is 15.5. The molecule has 2 atom stereocenters. The molecular weight excluding hydrogens is 251 g/mol. The van der Waals surface area contributed by atoms with Crippen LogP contribution in [-0.2, 0) is 0 Å². The first-order valence-corrected chi connectivity index (χ1v) is 7.76. The first-order valence-electron chi connectivity index (χ1n) is 7.76. The van der Waals surface area contributed by atoms with Crippen LogP contribution in [0.1, 0.15) is 51.6 Å². The summed E-state index contributed by atoms with van der Waals surface area (Å²) in [5, 5.41) is 0. The van der Waals surface area contributed by atoms with Crippen molar-refractivity contribution < 1.29 is 4.39 Å². The van der Waals surface area contributed by atoms with E-state index in [4.69, 9.17) is 5.73 Å². The summed E-state index contributed by atoms with van der Waals surface area (Å²) in [6.45, 7) is 9.03. The van der Waals surface area contributed by atoms with Crippen molar-refractivity contribution in [1.29, 1.82) is 0 Å². The van der Waals surface area contributed by atoms with E-state index in [2.05, 4.69) is 25.7 Å². The Morgan fingerprint density at radius 2 is 1.85 bits per heavy atom. The normalized spacial score (nSPS) is 21.9. The zero-order valence-electron chi connectivity index (χ0n) is 12.9. The zero-order valence-corrected chi connectivity index (χ0v) is 12.9. The largest absolute Gasteiger partial charge is 0.323 e. The molecule has 1 aliphatic heterocycles. The Kier molecular flexibility index (Phi) is 4.82. The molecule has 2 nitrogen and oxygen atoms in total. The van der Waals surface area contributed by atoms with E-state index in [9.17, 15) is 4.39 Å². The maximum absolute atomic E-state index is 13.0. The summed E-state index contributed by atoms with van der Waals surface area (Å²) in [4.78, 5) is 2.50. The van der Waals surface area contributed by atoms with Crippen LogP contribution in [-0.4, -0.2) is 24.0 Å². The van der Waals surface area contributed by atoms with Crippen molar-refractivity contribution >= 4 is 0 Å². The molecule has 1 aromatic rings. The van der Waals surface area contributed by atoms with Crippen LogP contribution >= 0.6 is 0 Å². The van der Waals surface area contributed by atoms with E-state index in [1.807, 2.05) is 0 Å². The van der Waals surface area contributed by atoms with E-state index in [1.165, 1.54) is 31.4 Å². The number of halogens is 1. The monoisotopic (exact) mass is 278 g/mol. The number of nitrogens with two attached hydrogens (primary N) is 1. The fourth-order valence-electron chi connectivity index (χ4n) is 3.34. The van der Waals surface area contributed by atoms with Gasteiger partial charge in [-0.3, -0.25) is 4.90 Å². The Bertz CT molecular complexity index is 425. The van der Waals surface area contributed by atoms with Crippen LogP contribution in [0.25, 0.3) is 0 Å². The van der Waals surface area contributed by atoms with E-state index in [0.717, 1.165) is 18.7 Å². The lowest BCUT2D eigenvalue weighted by Crippen LogP contribution is -2.40. The molecule has 1 aromatic carbocycles. The second kappa shape index (κ2) is 6.23. The van der Waals surface area contributed by atoms with Gasteiger partial charge in [0, 0.05) is 18.6 Å². The van der Waals surface area contributed by atoms with Crippen LogP contribution in [0, 0.1) is 11.2 Å². The molecule has 0 aromatic heterocycles. The van der Waals surface area contributed by atoms with Crippen molar-refractivity contribution in [3.05, 3.63) is 35.6 Å². The second-order valence-electron chi connectivity index (χ2n) is 6.25. The fraction of sp³-hybridized carbons (Fsp3) is 0.647. The quantitative estimate of drug-likeness (QED) is 0.889. The van der Waals surface area contributed by atoms with Crippen molar-refractivity contribution in [1.82, 2.24) is 4.90 Å². The third-order valence-corrected chi connectivity index (χ3v) is 5.32. The van der Waals surface area contributed by atoms with E-state index >= 15 is 0 Å². The SMILES string of the molecule is CCC1(CC)CCN(C(C)C(N)c2ccc(F)cc2)C1. The number of hydrogen-bond donors (Lipinski definition) is 1. The molecule has 0 bridgehead atoms. The van der Waals surface area contributed by atoms with E-state index < -0.39 is 0 Å². The number of benzene rings is 1. The second-order valence-corrected chi connectivity index (χ2v) is 6.25. The zero-order chi connectivity index (χ0) is 14.8. The van der Waals surface area contributed by atoms with Gasteiger partial charge in [0.15, 0.2) is 0 Å². The van der Waals surface area contributed by atoms with Gasteiger partial charge in [-0.1, -0.05) is 26.0 Å². The summed E-state index contributed by atoms with van der Waals surface area (Å²) in [6.07, 6.45) is 3.73. The van der Waals surface area contributed by atoms with Gasteiger partial charge in [-0.15, -0.1) is 0 Å². The molecule has 1 heterocycles. The van der Waals surface area contributed by atoms with Crippen LogP contribution in [0.4, 0.5) is 4.39 Å². The Balaban J connectivity index is 2.04. The summed E-state index contributed by atoms with van der Waals surface area (Å²) < 4.78 is 13.0. The Morgan fingerprint density at radius 1 is 1.25 bits per heavy atom.